The minimum atomic E-state index is -4.43. The van der Waals surface area contributed by atoms with Crippen LogP contribution in [-0.2, 0) is 12.6 Å². The normalized spacial score (nSPS) is 12.2. The molecule has 0 fully saturated rings. The summed E-state index contributed by atoms with van der Waals surface area (Å²) in [5.41, 5.74) is -0.680. The first-order chi connectivity index (χ1) is 12.0. The summed E-state index contributed by atoms with van der Waals surface area (Å²) < 4.78 is 43.2. The summed E-state index contributed by atoms with van der Waals surface area (Å²) in [6.45, 7) is 7.58. The van der Waals surface area contributed by atoms with Crippen LogP contribution in [0.5, 0.6) is 5.88 Å². The van der Waals surface area contributed by atoms with Crippen molar-refractivity contribution in [3.8, 4) is 5.88 Å². The number of nitrogens with one attached hydrogen (secondary N) is 1. The lowest BCUT2D eigenvalue weighted by Gasteiger charge is -2.27. The number of ether oxygens (including phenoxy) is 1. The van der Waals surface area contributed by atoms with Crippen molar-refractivity contribution in [1.29, 1.82) is 0 Å². The van der Waals surface area contributed by atoms with Gasteiger partial charge in [0.05, 0.1) is 16.8 Å². The number of aromatic nitrogens is 3. The van der Waals surface area contributed by atoms with Crippen LogP contribution in [0.3, 0.4) is 0 Å². The molecule has 0 aromatic carbocycles. The summed E-state index contributed by atoms with van der Waals surface area (Å²) in [5.74, 6) is 1.19. The SMILES string of the molecule is CCc1nc(C)nc(NC(C)(C)COc2ccc(C(F)(F)F)cn2)c1Cl. The lowest BCUT2D eigenvalue weighted by Crippen LogP contribution is -2.38. The Hall–Kier alpha value is -2.09. The van der Waals surface area contributed by atoms with Gasteiger partial charge in [0.2, 0.25) is 5.88 Å². The molecule has 0 saturated heterocycles. The predicted molar refractivity (Wildman–Crippen MR) is 93.6 cm³/mol. The van der Waals surface area contributed by atoms with Gasteiger partial charge in [-0.2, -0.15) is 13.2 Å². The number of anilines is 1. The Morgan fingerprint density at radius 2 is 1.88 bits per heavy atom. The van der Waals surface area contributed by atoms with Crippen molar-refractivity contribution in [1.82, 2.24) is 15.0 Å². The van der Waals surface area contributed by atoms with Crippen LogP contribution in [0.2, 0.25) is 5.02 Å². The summed E-state index contributed by atoms with van der Waals surface area (Å²) in [7, 11) is 0. The molecule has 142 valence electrons. The first-order valence-corrected chi connectivity index (χ1v) is 8.37. The van der Waals surface area contributed by atoms with Gasteiger partial charge in [0.1, 0.15) is 23.3 Å². The molecule has 0 unspecified atom stereocenters. The van der Waals surface area contributed by atoms with Crippen molar-refractivity contribution in [2.24, 2.45) is 0 Å². The molecule has 2 aromatic rings. The maximum Gasteiger partial charge on any atom is 0.417 e. The van der Waals surface area contributed by atoms with Crippen LogP contribution in [0.25, 0.3) is 0 Å². The number of halogens is 4. The molecule has 2 rings (SSSR count). The third kappa shape index (κ3) is 5.20. The van der Waals surface area contributed by atoms with Crippen molar-refractivity contribution in [2.75, 3.05) is 11.9 Å². The van der Waals surface area contributed by atoms with E-state index < -0.39 is 17.3 Å². The zero-order valence-electron chi connectivity index (χ0n) is 14.9. The summed E-state index contributed by atoms with van der Waals surface area (Å²) in [6.07, 6.45) is -3.01. The smallest absolute Gasteiger partial charge is 0.417 e. The van der Waals surface area contributed by atoms with Crippen LogP contribution in [0.1, 0.15) is 37.9 Å². The number of hydrogen-bond acceptors (Lipinski definition) is 5. The number of alkyl halides is 3. The molecule has 0 spiro atoms. The van der Waals surface area contributed by atoms with Gasteiger partial charge in [-0.1, -0.05) is 18.5 Å². The second-order valence-corrected chi connectivity index (χ2v) is 6.79. The van der Waals surface area contributed by atoms with Crippen LogP contribution >= 0.6 is 11.6 Å². The van der Waals surface area contributed by atoms with Crippen molar-refractivity contribution >= 4 is 17.4 Å². The maximum atomic E-state index is 12.6. The predicted octanol–water partition coefficient (Wildman–Crippen LogP) is 4.68. The average molecular weight is 389 g/mol. The molecule has 0 radical (unpaired) electrons. The molecular weight excluding hydrogens is 369 g/mol. The molecule has 0 saturated carbocycles. The third-order valence-corrected chi connectivity index (χ3v) is 3.87. The van der Waals surface area contributed by atoms with Crippen molar-refractivity contribution < 1.29 is 17.9 Å². The highest BCUT2D eigenvalue weighted by Gasteiger charge is 2.31. The average Bonchev–Trinajstić information content (AvgIpc) is 2.55. The quantitative estimate of drug-likeness (QED) is 0.778. The topological polar surface area (TPSA) is 59.9 Å². The van der Waals surface area contributed by atoms with E-state index >= 15 is 0 Å². The standard InChI is InChI=1S/C17H20ClF3N4O/c1-5-12-14(18)15(24-10(2)23-12)25-16(3,4)9-26-13-7-6-11(8-22-13)17(19,20)21/h6-8H,5,9H2,1-4H3,(H,23,24,25). The minimum Gasteiger partial charge on any atom is -0.475 e. The van der Waals surface area contributed by atoms with E-state index in [9.17, 15) is 13.2 Å². The summed E-state index contributed by atoms with van der Waals surface area (Å²) in [5, 5.41) is 3.64. The van der Waals surface area contributed by atoms with E-state index in [2.05, 4.69) is 20.3 Å². The molecule has 9 heteroatoms. The van der Waals surface area contributed by atoms with E-state index in [4.69, 9.17) is 16.3 Å². The van der Waals surface area contributed by atoms with E-state index in [0.717, 1.165) is 18.0 Å². The van der Waals surface area contributed by atoms with Gasteiger partial charge in [-0.05, 0) is 33.3 Å². The third-order valence-electron chi connectivity index (χ3n) is 3.47. The van der Waals surface area contributed by atoms with Crippen LogP contribution in [0.15, 0.2) is 18.3 Å². The van der Waals surface area contributed by atoms with Gasteiger partial charge in [0.25, 0.3) is 0 Å². The van der Waals surface area contributed by atoms with Crippen LogP contribution in [-0.4, -0.2) is 27.1 Å². The van der Waals surface area contributed by atoms with Crippen molar-refractivity contribution in [3.63, 3.8) is 0 Å². The van der Waals surface area contributed by atoms with Crippen LogP contribution in [0, 0.1) is 6.92 Å². The number of aryl methyl sites for hydroxylation is 2. The van der Waals surface area contributed by atoms with Gasteiger partial charge < -0.3 is 10.1 Å². The van der Waals surface area contributed by atoms with Gasteiger partial charge in [-0.3, -0.25) is 0 Å². The van der Waals surface area contributed by atoms with Crippen LogP contribution in [0.4, 0.5) is 19.0 Å². The van der Waals surface area contributed by atoms with Gasteiger partial charge in [-0.25, -0.2) is 15.0 Å². The Bertz CT molecular complexity index is 764. The summed E-state index contributed by atoms with van der Waals surface area (Å²) in [4.78, 5) is 12.3. The second-order valence-electron chi connectivity index (χ2n) is 6.41. The molecule has 0 bridgehead atoms. The van der Waals surface area contributed by atoms with E-state index in [0.29, 0.717) is 23.1 Å². The maximum absolute atomic E-state index is 12.6. The zero-order chi connectivity index (χ0) is 19.5. The molecular formula is C17H20ClF3N4O. The fourth-order valence-corrected chi connectivity index (χ4v) is 2.44. The molecule has 1 N–H and O–H groups in total. The minimum absolute atomic E-state index is 0.104. The molecule has 0 aliphatic heterocycles. The Kier molecular flexibility index (Phi) is 5.95. The summed E-state index contributed by atoms with van der Waals surface area (Å²) >= 11 is 6.32. The number of nitrogens with zero attached hydrogens (tertiary/aromatic N) is 3. The molecule has 5 nitrogen and oxygen atoms in total. The molecule has 26 heavy (non-hydrogen) atoms. The molecule has 0 aliphatic rings. The largest absolute Gasteiger partial charge is 0.475 e. The van der Waals surface area contributed by atoms with Gasteiger partial charge in [-0.15, -0.1) is 0 Å². The molecule has 2 aromatic heterocycles. The van der Waals surface area contributed by atoms with E-state index in [1.54, 1.807) is 6.92 Å². The highest BCUT2D eigenvalue weighted by Crippen LogP contribution is 2.29. The highest BCUT2D eigenvalue weighted by atomic mass is 35.5. The van der Waals surface area contributed by atoms with Gasteiger partial charge >= 0.3 is 6.18 Å². The van der Waals surface area contributed by atoms with Gasteiger partial charge in [0.15, 0.2) is 0 Å². The van der Waals surface area contributed by atoms with E-state index in [-0.39, 0.29) is 12.5 Å². The fourth-order valence-electron chi connectivity index (χ4n) is 2.18. The van der Waals surface area contributed by atoms with E-state index in [1.165, 1.54) is 6.07 Å². The Labute approximate surface area is 155 Å². The summed E-state index contributed by atoms with van der Waals surface area (Å²) in [6, 6.07) is 2.12. The number of pyridine rings is 1. The first kappa shape index (κ1) is 20.2. The van der Waals surface area contributed by atoms with Gasteiger partial charge in [0, 0.05) is 12.3 Å². The number of rotatable bonds is 6. The van der Waals surface area contributed by atoms with E-state index in [1.807, 2.05) is 20.8 Å². The Morgan fingerprint density at radius 1 is 1.19 bits per heavy atom. The fraction of sp³-hybridized carbons (Fsp3) is 0.471. The Morgan fingerprint density at radius 3 is 2.42 bits per heavy atom. The Balaban J connectivity index is 2.06. The highest BCUT2D eigenvalue weighted by molar-refractivity contribution is 6.33. The zero-order valence-corrected chi connectivity index (χ0v) is 15.7. The monoisotopic (exact) mass is 388 g/mol. The van der Waals surface area contributed by atoms with Crippen molar-refractivity contribution in [2.45, 2.75) is 45.8 Å². The van der Waals surface area contributed by atoms with Crippen LogP contribution < -0.4 is 10.1 Å². The number of hydrogen-bond donors (Lipinski definition) is 1. The molecule has 0 amide bonds. The lowest BCUT2D eigenvalue weighted by atomic mass is 10.1. The second kappa shape index (κ2) is 7.65. The molecule has 2 heterocycles. The lowest BCUT2D eigenvalue weighted by molar-refractivity contribution is -0.137. The molecule has 0 aliphatic carbocycles. The molecule has 0 atom stereocenters. The van der Waals surface area contributed by atoms with Crippen molar-refractivity contribution in [3.05, 3.63) is 40.4 Å². The first-order valence-electron chi connectivity index (χ1n) is 7.99.